The van der Waals surface area contributed by atoms with Crippen molar-refractivity contribution in [2.24, 2.45) is 4.99 Å². The van der Waals surface area contributed by atoms with Crippen molar-refractivity contribution in [2.45, 2.75) is 26.9 Å². The van der Waals surface area contributed by atoms with Gasteiger partial charge in [-0.2, -0.15) is 0 Å². The molecule has 0 atom stereocenters. The molecule has 0 saturated heterocycles. The summed E-state index contributed by atoms with van der Waals surface area (Å²) < 4.78 is 10.4. The maximum Gasteiger partial charge on any atom is 0.213 e. The summed E-state index contributed by atoms with van der Waals surface area (Å²) in [6.45, 7) is 7.37. The second kappa shape index (κ2) is 12.9. The van der Waals surface area contributed by atoms with E-state index in [1.165, 1.54) is 9.75 Å². The summed E-state index contributed by atoms with van der Waals surface area (Å²) in [7, 11) is 1.65. The number of aliphatic imine (C=N–C) groups is 1. The van der Waals surface area contributed by atoms with Crippen molar-refractivity contribution in [1.82, 2.24) is 15.6 Å². The Morgan fingerprint density at radius 3 is 2.65 bits per heavy atom. The molecule has 0 spiro atoms. The zero-order valence-corrected chi connectivity index (χ0v) is 18.6. The second-order valence-corrected chi connectivity index (χ2v) is 6.78. The number of nitrogens with one attached hydrogen (secondary N) is 2. The third-order valence-corrected chi connectivity index (χ3v) is 4.33. The molecule has 2 rings (SSSR count). The minimum absolute atomic E-state index is 0. The fourth-order valence-corrected chi connectivity index (χ4v) is 2.91. The Bertz CT molecular complexity index is 661. The molecule has 2 heterocycles. The molecule has 8 heteroatoms. The molecule has 0 aromatic carbocycles. The van der Waals surface area contributed by atoms with Gasteiger partial charge in [0.25, 0.3) is 0 Å². The standard InChI is InChI=1S/C18H26N4O2S.HI/c1-4-19-18(22-13-16-7-5-14(2)25-16)21-12-15-6-8-17(20-11-15)24-10-9-23-3;/h5-8,11H,4,9-10,12-13H2,1-3H3,(H2,19,21,22);1H. The fourth-order valence-electron chi connectivity index (χ4n) is 2.08. The van der Waals surface area contributed by atoms with Gasteiger partial charge in [0.15, 0.2) is 5.96 Å². The first kappa shape index (κ1) is 22.7. The number of methoxy groups -OCH3 is 1. The number of aryl methyl sites for hydroxylation is 1. The summed E-state index contributed by atoms with van der Waals surface area (Å²) in [6, 6.07) is 8.11. The van der Waals surface area contributed by atoms with Crippen LogP contribution in [0.15, 0.2) is 35.5 Å². The highest BCUT2D eigenvalue weighted by Gasteiger charge is 2.01. The van der Waals surface area contributed by atoms with Gasteiger partial charge in [0, 0.05) is 35.7 Å². The highest BCUT2D eigenvalue weighted by Crippen LogP contribution is 2.14. The Hall–Kier alpha value is -1.39. The van der Waals surface area contributed by atoms with Crippen molar-refractivity contribution in [1.29, 1.82) is 0 Å². The van der Waals surface area contributed by atoms with Crippen LogP contribution in [-0.2, 0) is 17.8 Å². The first-order valence-electron chi connectivity index (χ1n) is 8.35. The molecule has 0 aliphatic rings. The molecule has 6 nitrogen and oxygen atoms in total. The number of hydrogen-bond donors (Lipinski definition) is 2. The van der Waals surface area contributed by atoms with Crippen LogP contribution in [0, 0.1) is 6.92 Å². The number of pyridine rings is 1. The molecule has 0 radical (unpaired) electrons. The third kappa shape index (κ3) is 8.33. The van der Waals surface area contributed by atoms with Crippen LogP contribution in [0.5, 0.6) is 5.88 Å². The number of halogens is 1. The fraction of sp³-hybridized carbons (Fsp3) is 0.444. The summed E-state index contributed by atoms with van der Waals surface area (Å²) in [6.07, 6.45) is 1.79. The van der Waals surface area contributed by atoms with Crippen LogP contribution in [0.4, 0.5) is 0 Å². The topological polar surface area (TPSA) is 67.8 Å². The van der Waals surface area contributed by atoms with Gasteiger partial charge >= 0.3 is 0 Å². The zero-order chi connectivity index (χ0) is 17.9. The van der Waals surface area contributed by atoms with Crippen LogP contribution in [0.25, 0.3) is 0 Å². The van der Waals surface area contributed by atoms with Crippen molar-refractivity contribution >= 4 is 41.3 Å². The number of guanidine groups is 1. The minimum Gasteiger partial charge on any atom is -0.475 e. The molecule has 0 aliphatic heterocycles. The number of aromatic nitrogens is 1. The maximum absolute atomic E-state index is 5.46. The van der Waals surface area contributed by atoms with Crippen LogP contribution in [0.3, 0.4) is 0 Å². The summed E-state index contributed by atoms with van der Waals surface area (Å²) >= 11 is 1.79. The molecule has 2 aromatic rings. The molecule has 0 unspecified atom stereocenters. The van der Waals surface area contributed by atoms with Crippen molar-refractivity contribution in [3.05, 3.63) is 45.8 Å². The number of thiophene rings is 1. The molecular weight excluding hydrogens is 463 g/mol. The SMILES string of the molecule is CCNC(=NCc1ccc(OCCOC)nc1)NCc1ccc(C)s1.I. The highest BCUT2D eigenvalue weighted by molar-refractivity contribution is 14.0. The molecular formula is C18H27IN4O2S. The first-order chi connectivity index (χ1) is 12.2. The molecule has 2 aromatic heterocycles. The lowest BCUT2D eigenvalue weighted by molar-refractivity contribution is 0.143. The maximum atomic E-state index is 5.46. The van der Waals surface area contributed by atoms with Gasteiger partial charge in [-0.15, -0.1) is 35.3 Å². The Labute approximate surface area is 176 Å². The van der Waals surface area contributed by atoms with E-state index >= 15 is 0 Å². The molecule has 0 saturated carbocycles. The minimum atomic E-state index is 0. The van der Waals surface area contributed by atoms with Gasteiger partial charge in [-0.1, -0.05) is 6.07 Å². The van der Waals surface area contributed by atoms with Gasteiger partial charge in [0.1, 0.15) is 6.61 Å². The number of nitrogens with zero attached hydrogens (tertiary/aromatic N) is 2. The number of ether oxygens (including phenoxy) is 2. The molecule has 26 heavy (non-hydrogen) atoms. The predicted octanol–water partition coefficient (Wildman–Crippen LogP) is 3.35. The summed E-state index contributed by atoms with van der Waals surface area (Å²) in [5.74, 6) is 1.40. The van der Waals surface area contributed by atoms with Crippen molar-refractivity contribution in [2.75, 3.05) is 26.9 Å². The average molecular weight is 490 g/mol. The van der Waals surface area contributed by atoms with E-state index in [9.17, 15) is 0 Å². The summed E-state index contributed by atoms with van der Waals surface area (Å²) in [4.78, 5) is 11.5. The van der Waals surface area contributed by atoms with E-state index in [1.807, 2.05) is 12.1 Å². The Morgan fingerprint density at radius 2 is 2.04 bits per heavy atom. The van der Waals surface area contributed by atoms with E-state index in [-0.39, 0.29) is 24.0 Å². The van der Waals surface area contributed by atoms with E-state index in [4.69, 9.17) is 9.47 Å². The molecule has 0 aliphatic carbocycles. The highest BCUT2D eigenvalue weighted by atomic mass is 127. The van der Waals surface area contributed by atoms with Gasteiger partial charge in [0.2, 0.25) is 5.88 Å². The quantitative estimate of drug-likeness (QED) is 0.244. The van der Waals surface area contributed by atoms with Gasteiger partial charge in [-0.05, 0) is 31.5 Å². The van der Waals surface area contributed by atoms with Crippen molar-refractivity contribution < 1.29 is 9.47 Å². The van der Waals surface area contributed by atoms with E-state index in [1.54, 1.807) is 24.6 Å². The summed E-state index contributed by atoms with van der Waals surface area (Å²) in [5, 5.41) is 6.62. The number of hydrogen-bond acceptors (Lipinski definition) is 5. The van der Waals surface area contributed by atoms with Crippen molar-refractivity contribution in [3.63, 3.8) is 0 Å². The van der Waals surface area contributed by atoms with Gasteiger partial charge in [0.05, 0.1) is 19.7 Å². The summed E-state index contributed by atoms with van der Waals surface area (Å²) in [5.41, 5.74) is 1.03. The van der Waals surface area contributed by atoms with Gasteiger partial charge in [-0.25, -0.2) is 9.98 Å². The normalized spacial score (nSPS) is 11.0. The van der Waals surface area contributed by atoms with Crippen LogP contribution in [0.2, 0.25) is 0 Å². The number of rotatable bonds is 9. The van der Waals surface area contributed by atoms with Crippen LogP contribution in [-0.4, -0.2) is 37.8 Å². The van der Waals surface area contributed by atoms with E-state index in [0.29, 0.717) is 25.6 Å². The Morgan fingerprint density at radius 1 is 1.19 bits per heavy atom. The first-order valence-corrected chi connectivity index (χ1v) is 9.17. The zero-order valence-electron chi connectivity index (χ0n) is 15.4. The molecule has 0 bridgehead atoms. The van der Waals surface area contributed by atoms with E-state index in [0.717, 1.165) is 24.6 Å². The third-order valence-electron chi connectivity index (χ3n) is 3.33. The molecule has 0 amide bonds. The van der Waals surface area contributed by atoms with Crippen molar-refractivity contribution in [3.8, 4) is 5.88 Å². The van der Waals surface area contributed by atoms with E-state index < -0.39 is 0 Å². The van der Waals surface area contributed by atoms with E-state index in [2.05, 4.69) is 46.6 Å². The van der Waals surface area contributed by atoms with Gasteiger partial charge < -0.3 is 20.1 Å². The smallest absolute Gasteiger partial charge is 0.213 e. The largest absolute Gasteiger partial charge is 0.475 e. The average Bonchev–Trinajstić information content (AvgIpc) is 3.04. The molecule has 144 valence electrons. The second-order valence-electron chi connectivity index (χ2n) is 5.41. The molecule has 0 fully saturated rings. The monoisotopic (exact) mass is 490 g/mol. The van der Waals surface area contributed by atoms with Gasteiger partial charge in [-0.3, -0.25) is 0 Å². The Balaban J connectivity index is 0.00000338. The molecule has 2 N–H and O–H groups in total. The van der Waals surface area contributed by atoms with Crippen LogP contribution >= 0.6 is 35.3 Å². The van der Waals surface area contributed by atoms with Crippen LogP contribution < -0.4 is 15.4 Å². The lowest BCUT2D eigenvalue weighted by Gasteiger charge is -2.10. The van der Waals surface area contributed by atoms with Crippen LogP contribution in [0.1, 0.15) is 22.2 Å². The predicted molar refractivity (Wildman–Crippen MR) is 118 cm³/mol. The lowest BCUT2D eigenvalue weighted by Crippen LogP contribution is -2.36. The Kier molecular flexibility index (Phi) is 11.2. The lowest BCUT2D eigenvalue weighted by atomic mass is 10.3.